The summed E-state index contributed by atoms with van der Waals surface area (Å²) in [6, 6.07) is 7.63. The molecule has 0 radical (unpaired) electrons. The summed E-state index contributed by atoms with van der Waals surface area (Å²) in [5.41, 5.74) is 1.02. The molecule has 2 N–H and O–H groups in total. The van der Waals surface area contributed by atoms with Crippen LogP contribution in [-0.4, -0.2) is 18.5 Å². The molecule has 0 unspecified atom stereocenters. The van der Waals surface area contributed by atoms with Crippen LogP contribution in [0.15, 0.2) is 24.3 Å². The zero-order valence-corrected chi connectivity index (χ0v) is 13.7. The fraction of sp³-hybridized carbons (Fsp3) is 0.588. The zero-order valence-electron chi connectivity index (χ0n) is 12.9. The molecule has 0 spiro atoms. The summed E-state index contributed by atoms with van der Waals surface area (Å²) in [5, 5.41) is 7.18. The van der Waals surface area contributed by atoms with Crippen molar-refractivity contribution in [2.24, 2.45) is 0 Å². The standard InChI is InChI=1S/C17H25ClN2O/c1-13(14-7-6-8-15(18)11-14)20-16(21)12-17(19-2)9-4-3-5-10-17/h6-8,11,13,19H,3-5,9-10,12H2,1-2H3,(H,20,21)/t13-/m0/s1. The Hall–Kier alpha value is -1.06. The van der Waals surface area contributed by atoms with Crippen molar-refractivity contribution < 1.29 is 4.79 Å². The van der Waals surface area contributed by atoms with Crippen LogP contribution in [0.2, 0.25) is 5.02 Å². The van der Waals surface area contributed by atoms with E-state index in [1.165, 1.54) is 19.3 Å². The second-order valence-corrected chi connectivity index (χ2v) is 6.55. The van der Waals surface area contributed by atoms with Crippen molar-refractivity contribution in [3.05, 3.63) is 34.9 Å². The first-order valence-electron chi connectivity index (χ1n) is 7.78. The molecule has 1 fully saturated rings. The maximum Gasteiger partial charge on any atom is 0.222 e. The molecule has 0 saturated heterocycles. The molecule has 0 aromatic heterocycles. The smallest absolute Gasteiger partial charge is 0.222 e. The number of nitrogens with one attached hydrogen (secondary N) is 2. The first-order valence-corrected chi connectivity index (χ1v) is 8.16. The van der Waals surface area contributed by atoms with Crippen LogP contribution in [0.4, 0.5) is 0 Å². The van der Waals surface area contributed by atoms with Crippen molar-refractivity contribution in [2.45, 2.75) is 57.0 Å². The predicted octanol–water partition coefficient (Wildman–Crippen LogP) is 3.83. The van der Waals surface area contributed by atoms with Gasteiger partial charge >= 0.3 is 0 Å². The molecule has 1 amide bonds. The molecule has 0 aliphatic heterocycles. The first-order chi connectivity index (χ1) is 10.0. The van der Waals surface area contributed by atoms with Crippen LogP contribution in [0.25, 0.3) is 0 Å². The van der Waals surface area contributed by atoms with E-state index in [-0.39, 0.29) is 17.5 Å². The molecule has 0 heterocycles. The number of amides is 1. The number of rotatable bonds is 5. The van der Waals surface area contributed by atoms with E-state index in [2.05, 4.69) is 10.6 Å². The molecule has 2 rings (SSSR count). The second-order valence-electron chi connectivity index (χ2n) is 6.11. The summed E-state index contributed by atoms with van der Waals surface area (Å²) >= 11 is 6.00. The molecule has 4 heteroatoms. The summed E-state index contributed by atoms with van der Waals surface area (Å²) in [4.78, 5) is 12.4. The van der Waals surface area contributed by atoms with Gasteiger partial charge in [0.15, 0.2) is 0 Å². The van der Waals surface area contributed by atoms with Crippen LogP contribution in [-0.2, 0) is 4.79 Å². The predicted molar refractivity (Wildman–Crippen MR) is 87.5 cm³/mol. The van der Waals surface area contributed by atoms with Crippen LogP contribution in [0.5, 0.6) is 0 Å². The summed E-state index contributed by atoms with van der Waals surface area (Å²) < 4.78 is 0. The van der Waals surface area contributed by atoms with Gasteiger partial charge in [-0.1, -0.05) is 43.0 Å². The highest BCUT2D eigenvalue weighted by Crippen LogP contribution is 2.31. The van der Waals surface area contributed by atoms with E-state index in [1.807, 2.05) is 38.2 Å². The van der Waals surface area contributed by atoms with Crippen molar-refractivity contribution in [3.63, 3.8) is 0 Å². The van der Waals surface area contributed by atoms with E-state index in [9.17, 15) is 4.79 Å². The van der Waals surface area contributed by atoms with E-state index in [1.54, 1.807) is 0 Å². The molecule has 3 nitrogen and oxygen atoms in total. The molecule has 1 aromatic carbocycles. The average Bonchev–Trinajstić information content (AvgIpc) is 2.48. The lowest BCUT2D eigenvalue weighted by molar-refractivity contribution is -0.123. The Morgan fingerprint density at radius 3 is 2.67 bits per heavy atom. The van der Waals surface area contributed by atoms with Crippen LogP contribution in [0, 0.1) is 0 Å². The third-order valence-electron chi connectivity index (χ3n) is 4.57. The largest absolute Gasteiger partial charge is 0.350 e. The zero-order chi connectivity index (χ0) is 15.3. The van der Waals surface area contributed by atoms with E-state index in [0.717, 1.165) is 18.4 Å². The summed E-state index contributed by atoms with van der Waals surface area (Å²) in [5.74, 6) is 0.110. The Bertz CT molecular complexity index is 483. The summed E-state index contributed by atoms with van der Waals surface area (Å²) in [7, 11) is 1.97. The maximum absolute atomic E-state index is 12.4. The van der Waals surface area contributed by atoms with Gasteiger partial charge < -0.3 is 10.6 Å². The normalized spacial score (nSPS) is 19.0. The third-order valence-corrected chi connectivity index (χ3v) is 4.80. The van der Waals surface area contributed by atoms with E-state index in [4.69, 9.17) is 11.6 Å². The molecule has 1 atom stereocenters. The number of carbonyl (C=O) groups is 1. The van der Waals surface area contributed by atoms with Crippen molar-refractivity contribution in [1.82, 2.24) is 10.6 Å². The molecular weight excluding hydrogens is 284 g/mol. The minimum absolute atomic E-state index is 0.0175. The van der Waals surface area contributed by atoms with Crippen LogP contribution in [0.1, 0.15) is 57.1 Å². The van der Waals surface area contributed by atoms with Gasteiger partial charge in [0.2, 0.25) is 5.91 Å². The van der Waals surface area contributed by atoms with Gasteiger partial charge in [-0.3, -0.25) is 4.79 Å². The van der Waals surface area contributed by atoms with Crippen LogP contribution < -0.4 is 10.6 Å². The van der Waals surface area contributed by atoms with E-state index in [0.29, 0.717) is 11.4 Å². The SMILES string of the molecule is CNC1(CC(=O)N[C@@H](C)c2cccc(Cl)c2)CCCCC1. The van der Waals surface area contributed by atoms with Crippen molar-refractivity contribution in [2.75, 3.05) is 7.05 Å². The highest BCUT2D eigenvalue weighted by Gasteiger charge is 2.32. The second kappa shape index (κ2) is 7.28. The number of hydrogen-bond donors (Lipinski definition) is 2. The topological polar surface area (TPSA) is 41.1 Å². The Kier molecular flexibility index (Phi) is 5.65. The number of halogens is 1. The molecule has 116 valence electrons. The molecule has 1 aliphatic carbocycles. The minimum atomic E-state index is -0.0197. The van der Waals surface area contributed by atoms with E-state index < -0.39 is 0 Å². The quantitative estimate of drug-likeness (QED) is 0.868. The van der Waals surface area contributed by atoms with Gasteiger partial charge in [0.1, 0.15) is 0 Å². The maximum atomic E-state index is 12.4. The van der Waals surface area contributed by atoms with Crippen molar-refractivity contribution in [3.8, 4) is 0 Å². The Labute approximate surface area is 132 Å². The van der Waals surface area contributed by atoms with Gasteiger partial charge in [-0.25, -0.2) is 0 Å². The number of benzene rings is 1. The van der Waals surface area contributed by atoms with Gasteiger partial charge in [-0.15, -0.1) is 0 Å². The Balaban J connectivity index is 1.94. The Morgan fingerprint density at radius 1 is 1.33 bits per heavy atom. The first kappa shape index (κ1) is 16.3. The average molecular weight is 309 g/mol. The highest BCUT2D eigenvalue weighted by atomic mass is 35.5. The minimum Gasteiger partial charge on any atom is -0.350 e. The number of carbonyl (C=O) groups excluding carboxylic acids is 1. The van der Waals surface area contributed by atoms with Gasteiger partial charge in [0, 0.05) is 17.0 Å². The molecule has 0 bridgehead atoms. The molecule has 1 saturated carbocycles. The molecule has 1 aromatic rings. The van der Waals surface area contributed by atoms with Gasteiger partial charge in [-0.05, 0) is 44.5 Å². The van der Waals surface area contributed by atoms with Crippen LogP contribution in [0.3, 0.4) is 0 Å². The fourth-order valence-corrected chi connectivity index (χ4v) is 3.40. The lowest BCUT2D eigenvalue weighted by Gasteiger charge is -2.37. The number of hydrogen-bond acceptors (Lipinski definition) is 2. The van der Waals surface area contributed by atoms with Gasteiger partial charge in [0.05, 0.1) is 6.04 Å². The summed E-state index contributed by atoms with van der Waals surface area (Å²) in [6.07, 6.45) is 6.42. The van der Waals surface area contributed by atoms with Crippen LogP contribution >= 0.6 is 11.6 Å². The third kappa shape index (κ3) is 4.45. The molecular formula is C17H25ClN2O. The Morgan fingerprint density at radius 2 is 2.05 bits per heavy atom. The fourth-order valence-electron chi connectivity index (χ4n) is 3.20. The lowest BCUT2D eigenvalue weighted by atomic mass is 9.79. The van der Waals surface area contributed by atoms with Gasteiger partial charge in [-0.2, -0.15) is 0 Å². The van der Waals surface area contributed by atoms with Gasteiger partial charge in [0.25, 0.3) is 0 Å². The highest BCUT2D eigenvalue weighted by molar-refractivity contribution is 6.30. The molecule has 21 heavy (non-hydrogen) atoms. The molecule has 1 aliphatic rings. The van der Waals surface area contributed by atoms with Crippen molar-refractivity contribution in [1.29, 1.82) is 0 Å². The lowest BCUT2D eigenvalue weighted by Crippen LogP contribution is -2.48. The van der Waals surface area contributed by atoms with E-state index >= 15 is 0 Å². The monoisotopic (exact) mass is 308 g/mol. The summed E-state index contributed by atoms with van der Waals surface area (Å²) in [6.45, 7) is 2.00. The van der Waals surface area contributed by atoms with Crippen molar-refractivity contribution >= 4 is 17.5 Å².